The Hall–Kier alpha value is -1.81. The molecule has 0 amide bonds. The van der Waals surface area contributed by atoms with E-state index in [-0.39, 0.29) is 4.88 Å². The average molecular weight is 262 g/mol. The molecule has 0 atom stereocenters. The van der Waals surface area contributed by atoms with Gasteiger partial charge in [0.2, 0.25) is 0 Å². The number of carboxylic acids is 1. The first-order valence-corrected chi connectivity index (χ1v) is 6.60. The maximum absolute atomic E-state index is 10.9. The summed E-state index contributed by atoms with van der Waals surface area (Å²) in [5, 5.41) is 10.7. The molecule has 4 heteroatoms. The fourth-order valence-corrected chi connectivity index (χ4v) is 2.27. The van der Waals surface area contributed by atoms with Gasteiger partial charge in [-0.05, 0) is 29.0 Å². The monoisotopic (exact) mass is 262 g/mol. The summed E-state index contributed by atoms with van der Waals surface area (Å²) in [6, 6.07) is 9.82. The van der Waals surface area contributed by atoms with Gasteiger partial charge in [-0.25, -0.2) is 4.79 Å². The van der Waals surface area contributed by atoms with Crippen molar-refractivity contribution in [1.29, 1.82) is 0 Å². The van der Waals surface area contributed by atoms with E-state index in [4.69, 9.17) is 9.84 Å². The van der Waals surface area contributed by atoms with Gasteiger partial charge in [0.05, 0.1) is 0 Å². The molecule has 1 aromatic heterocycles. The molecule has 1 aromatic carbocycles. The van der Waals surface area contributed by atoms with Crippen LogP contribution in [0.15, 0.2) is 35.7 Å². The third-order valence-electron chi connectivity index (χ3n) is 2.65. The lowest BCUT2D eigenvalue weighted by atomic mass is 10.1. The predicted octanol–water partition coefficient (Wildman–Crippen LogP) is 3.59. The van der Waals surface area contributed by atoms with Gasteiger partial charge in [0.15, 0.2) is 4.88 Å². The van der Waals surface area contributed by atoms with Crippen molar-refractivity contribution in [2.75, 3.05) is 0 Å². The van der Waals surface area contributed by atoms with Crippen molar-refractivity contribution in [3.63, 3.8) is 0 Å². The van der Waals surface area contributed by atoms with Crippen LogP contribution in [-0.2, 0) is 13.0 Å². The molecular formula is C14H14O3S. The molecule has 1 N–H and O–H groups in total. The minimum atomic E-state index is -0.943. The van der Waals surface area contributed by atoms with E-state index in [0.29, 0.717) is 12.4 Å². The largest absolute Gasteiger partial charge is 0.487 e. The Bertz CT molecular complexity index is 528. The fraction of sp³-hybridized carbons (Fsp3) is 0.214. The van der Waals surface area contributed by atoms with Crippen LogP contribution in [0.25, 0.3) is 0 Å². The molecule has 2 aromatic rings. The lowest BCUT2D eigenvalue weighted by molar-refractivity contribution is 0.0697. The predicted molar refractivity (Wildman–Crippen MR) is 71.4 cm³/mol. The maximum atomic E-state index is 10.9. The fourth-order valence-electron chi connectivity index (χ4n) is 1.60. The minimum Gasteiger partial charge on any atom is -0.487 e. The highest BCUT2D eigenvalue weighted by molar-refractivity contribution is 7.12. The first kappa shape index (κ1) is 12.6. The molecule has 0 spiro atoms. The number of aryl methyl sites for hydroxylation is 1. The summed E-state index contributed by atoms with van der Waals surface area (Å²) in [5.41, 5.74) is 2.32. The van der Waals surface area contributed by atoms with Gasteiger partial charge in [-0.3, -0.25) is 0 Å². The normalized spacial score (nSPS) is 10.3. The van der Waals surface area contributed by atoms with Crippen LogP contribution in [0.4, 0.5) is 0 Å². The van der Waals surface area contributed by atoms with Crippen LogP contribution in [0.5, 0.6) is 5.75 Å². The summed E-state index contributed by atoms with van der Waals surface area (Å²) in [4.78, 5) is 11.2. The van der Waals surface area contributed by atoms with Gasteiger partial charge in [-0.1, -0.05) is 31.2 Å². The zero-order valence-corrected chi connectivity index (χ0v) is 10.9. The van der Waals surface area contributed by atoms with Crippen LogP contribution in [0.3, 0.4) is 0 Å². The Morgan fingerprint density at radius 1 is 1.22 bits per heavy atom. The molecule has 3 nitrogen and oxygen atoms in total. The number of carbonyl (C=O) groups is 1. The van der Waals surface area contributed by atoms with Gasteiger partial charge >= 0.3 is 5.97 Å². The van der Waals surface area contributed by atoms with Gasteiger partial charge in [-0.15, -0.1) is 11.3 Å². The summed E-state index contributed by atoms with van der Waals surface area (Å²) in [6.45, 7) is 2.50. The molecule has 0 radical (unpaired) electrons. The zero-order valence-electron chi connectivity index (χ0n) is 10.1. The molecule has 2 rings (SSSR count). The third-order valence-corrected chi connectivity index (χ3v) is 3.53. The van der Waals surface area contributed by atoms with Gasteiger partial charge in [-0.2, -0.15) is 0 Å². The van der Waals surface area contributed by atoms with Gasteiger partial charge in [0, 0.05) is 0 Å². The van der Waals surface area contributed by atoms with E-state index in [2.05, 4.69) is 19.1 Å². The topological polar surface area (TPSA) is 46.5 Å². The second-order valence-electron chi connectivity index (χ2n) is 3.88. The lowest BCUT2D eigenvalue weighted by Gasteiger charge is -2.06. The van der Waals surface area contributed by atoms with Crippen LogP contribution in [0.2, 0.25) is 0 Å². The molecule has 0 aliphatic carbocycles. The molecule has 0 bridgehead atoms. The summed E-state index contributed by atoms with van der Waals surface area (Å²) in [7, 11) is 0. The second kappa shape index (κ2) is 5.69. The molecule has 0 aliphatic rings. The molecule has 0 saturated heterocycles. The highest BCUT2D eigenvalue weighted by Gasteiger charge is 2.12. The Labute approximate surface area is 110 Å². The van der Waals surface area contributed by atoms with Gasteiger partial charge < -0.3 is 9.84 Å². The number of rotatable bonds is 5. The number of hydrogen-bond donors (Lipinski definition) is 1. The first-order chi connectivity index (χ1) is 8.70. The standard InChI is InChI=1S/C14H14O3S/c1-2-10-3-5-11(6-4-10)9-17-12-7-8-18-13(12)14(15)16/h3-8H,2,9H2,1H3,(H,15,16). The summed E-state index contributed by atoms with van der Waals surface area (Å²) in [5.74, 6) is -0.506. The maximum Gasteiger partial charge on any atom is 0.349 e. The lowest BCUT2D eigenvalue weighted by Crippen LogP contribution is -2.00. The van der Waals surface area contributed by atoms with E-state index in [1.165, 1.54) is 16.9 Å². The molecule has 18 heavy (non-hydrogen) atoms. The van der Waals surface area contributed by atoms with Crippen LogP contribution in [0, 0.1) is 0 Å². The van der Waals surface area contributed by atoms with Crippen molar-refractivity contribution in [3.8, 4) is 5.75 Å². The summed E-state index contributed by atoms with van der Waals surface area (Å²) in [6.07, 6.45) is 1.01. The molecular weight excluding hydrogens is 248 g/mol. The third kappa shape index (κ3) is 2.90. The van der Waals surface area contributed by atoms with Crippen molar-refractivity contribution < 1.29 is 14.6 Å². The van der Waals surface area contributed by atoms with E-state index in [9.17, 15) is 4.79 Å². The Kier molecular flexibility index (Phi) is 3.99. The van der Waals surface area contributed by atoms with Gasteiger partial charge in [0.25, 0.3) is 0 Å². The van der Waals surface area contributed by atoms with E-state index in [1.807, 2.05) is 12.1 Å². The highest BCUT2D eigenvalue weighted by Crippen LogP contribution is 2.25. The SMILES string of the molecule is CCc1ccc(COc2ccsc2C(=O)O)cc1. The number of ether oxygens (including phenoxy) is 1. The van der Waals surface area contributed by atoms with Crippen molar-refractivity contribution in [2.45, 2.75) is 20.0 Å². The number of thiophene rings is 1. The quantitative estimate of drug-likeness (QED) is 0.895. The van der Waals surface area contributed by atoms with Crippen LogP contribution in [-0.4, -0.2) is 11.1 Å². The molecule has 0 saturated carbocycles. The van der Waals surface area contributed by atoms with Crippen LogP contribution >= 0.6 is 11.3 Å². The number of aromatic carboxylic acids is 1. The van der Waals surface area contributed by atoms with E-state index >= 15 is 0 Å². The average Bonchev–Trinajstić information content (AvgIpc) is 2.85. The summed E-state index contributed by atoms with van der Waals surface area (Å²) < 4.78 is 5.53. The Morgan fingerprint density at radius 3 is 2.50 bits per heavy atom. The highest BCUT2D eigenvalue weighted by atomic mass is 32.1. The van der Waals surface area contributed by atoms with Crippen molar-refractivity contribution in [3.05, 3.63) is 51.7 Å². The Balaban J connectivity index is 2.02. The van der Waals surface area contributed by atoms with E-state index < -0.39 is 5.97 Å². The smallest absolute Gasteiger partial charge is 0.349 e. The van der Waals surface area contributed by atoms with Crippen LogP contribution in [0.1, 0.15) is 27.7 Å². The molecule has 1 heterocycles. The summed E-state index contributed by atoms with van der Waals surface area (Å²) >= 11 is 1.17. The Morgan fingerprint density at radius 2 is 1.89 bits per heavy atom. The molecule has 0 aliphatic heterocycles. The molecule has 94 valence electrons. The van der Waals surface area contributed by atoms with Crippen molar-refractivity contribution >= 4 is 17.3 Å². The minimum absolute atomic E-state index is 0.250. The van der Waals surface area contributed by atoms with E-state index in [0.717, 1.165) is 12.0 Å². The number of hydrogen-bond acceptors (Lipinski definition) is 3. The van der Waals surface area contributed by atoms with E-state index in [1.54, 1.807) is 11.4 Å². The first-order valence-electron chi connectivity index (χ1n) is 5.72. The molecule has 0 unspecified atom stereocenters. The number of benzene rings is 1. The molecule has 0 fully saturated rings. The zero-order chi connectivity index (χ0) is 13.0. The second-order valence-corrected chi connectivity index (χ2v) is 4.79. The van der Waals surface area contributed by atoms with Crippen LogP contribution < -0.4 is 4.74 Å². The van der Waals surface area contributed by atoms with Crippen molar-refractivity contribution in [2.24, 2.45) is 0 Å². The van der Waals surface area contributed by atoms with Gasteiger partial charge in [0.1, 0.15) is 12.4 Å². The van der Waals surface area contributed by atoms with Crippen molar-refractivity contribution in [1.82, 2.24) is 0 Å². The number of carboxylic acid groups (broad SMARTS) is 1.